The molecule has 1 aromatic carbocycles. The van der Waals surface area contributed by atoms with Gasteiger partial charge in [0.1, 0.15) is 5.75 Å². The lowest BCUT2D eigenvalue weighted by atomic mass is 9.87. The van der Waals surface area contributed by atoms with Crippen LogP contribution in [-0.4, -0.2) is 45.2 Å². The number of amides is 2. The van der Waals surface area contributed by atoms with Gasteiger partial charge in [0.05, 0.1) is 19.5 Å². The first-order valence-corrected chi connectivity index (χ1v) is 8.72. The van der Waals surface area contributed by atoms with Gasteiger partial charge in [0.2, 0.25) is 0 Å². The molecule has 1 aromatic rings. The maximum atomic E-state index is 12.1. The second-order valence-corrected chi connectivity index (χ2v) is 6.31. The van der Waals surface area contributed by atoms with Gasteiger partial charge in [0.25, 0.3) is 0 Å². The van der Waals surface area contributed by atoms with Gasteiger partial charge >= 0.3 is 6.03 Å². The number of urea groups is 1. The topological polar surface area (TPSA) is 66.0 Å². The minimum absolute atomic E-state index is 0.0911. The normalized spacial score (nSPS) is 22.6. The van der Waals surface area contributed by atoms with E-state index in [-0.39, 0.29) is 6.03 Å². The second kappa shape index (κ2) is 7.55. The molecule has 0 bridgehead atoms. The monoisotopic (exact) mass is 330 g/mol. The van der Waals surface area contributed by atoms with Gasteiger partial charge in [0, 0.05) is 25.3 Å². The Hall–Kier alpha value is -2.24. The number of carbonyl (C=O) groups excluding carboxylic acids is 1. The summed E-state index contributed by atoms with van der Waals surface area (Å²) in [5, 5.41) is 6.07. The number of hydrogen-bond acceptors (Lipinski definition) is 4. The number of rotatable bonds is 3. The first-order valence-electron chi connectivity index (χ1n) is 8.72. The third-order valence-electron chi connectivity index (χ3n) is 4.84. The van der Waals surface area contributed by atoms with Crippen LogP contribution in [0.3, 0.4) is 0 Å². The number of ether oxygens (including phenoxy) is 1. The molecule has 0 saturated carbocycles. The first-order chi connectivity index (χ1) is 11.7. The number of nitrogens with zero attached hydrogens (tertiary/aromatic N) is 2. The molecule has 6 heteroatoms. The zero-order chi connectivity index (χ0) is 16.9. The summed E-state index contributed by atoms with van der Waals surface area (Å²) < 4.78 is 5.92. The van der Waals surface area contributed by atoms with Gasteiger partial charge in [0.15, 0.2) is 0 Å². The second-order valence-electron chi connectivity index (χ2n) is 6.31. The highest BCUT2D eigenvalue weighted by Crippen LogP contribution is 2.32. The predicted molar refractivity (Wildman–Crippen MR) is 96.1 cm³/mol. The summed E-state index contributed by atoms with van der Waals surface area (Å²) in [6, 6.07) is 6.37. The Bertz CT molecular complexity index is 609. The van der Waals surface area contributed by atoms with E-state index in [2.05, 4.69) is 21.7 Å². The van der Waals surface area contributed by atoms with E-state index in [1.165, 1.54) is 5.56 Å². The Morgan fingerprint density at radius 3 is 3.08 bits per heavy atom. The maximum absolute atomic E-state index is 12.1. The molecule has 2 heterocycles. The van der Waals surface area contributed by atoms with Crippen molar-refractivity contribution >= 4 is 18.1 Å². The molecule has 130 valence electrons. The number of aliphatic imine (C=N–C) groups is 1. The van der Waals surface area contributed by atoms with Crippen molar-refractivity contribution in [3.8, 4) is 5.75 Å². The summed E-state index contributed by atoms with van der Waals surface area (Å²) in [7, 11) is 1.66. The summed E-state index contributed by atoms with van der Waals surface area (Å²) >= 11 is 0. The van der Waals surface area contributed by atoms with Crippen molar-refractivity contribution in [3.63, 3.8) is 0 Å². The molecule has 0 spiro atoms. The highest BCUT2D eigenvalue weighted by atomic mass is 16.5. The van der Waals surface area contributed by atoms with Crippen LogP contribution in [0.2, 0.25) is 0 Å². The zero-order valence-corrected chi connectivity index (χ0v) is 14.4. The minimum atomic E-state index is -0.0911. The molecule has 2 aliphatic heterocycles. The van der Waals surface area contributed by atoms with E-state index in [0.29, 0.717) is 18.5 Å². The minimum Gasteiger partial charge on any atom is -0.493 e. The third kappa shape index (κ3) is 3.47. The fourth-order valence-corrected chi connectivity index (χ4v) is 3.52. The van der Waals surface area contributed by atoms with Crippen molar-refractivity contribution in [2.24, 2.45) is 10.9 Å². The number of fused-ring (bicyclic) bond motifs is 1. The number of hydrogen-bond donors (Lipinski definition) is 2. The van der Waals surface area contributed by atoms with Crippen LogP contribution in [0.4, 0.5) is 10.5 Å². The molecule has 0 saturated heterocycles. The van der Waals surface area contributed by atoms with Crippen molar-refractivity contribution < 1.29 is 9.53 Å². The Kier molecular flexibility index (Phi) is 5.23. The van der Waals surface area contributed by atoms with Crippen molar-refractivity contribution in [3.05, 3.63) is 23.8 Å². The van der Waals surface area contributed by atoms with Gasteiger partial charge in [-0.1, -0.05) is 0 Å². The molecule has 3 rings (SSSR count). The zero-order valence-electron chi connectivity index (χ0n) is 14.4. The molecule has 0 radical (unpaired) electrons. The first kappa shape index (κ1) is 16.6. The Labute approximate surface area is 143 Å². The van der Waals surface area contributed by atoms with E-state index >= 15 is 0 Å². The van der Waals surface area contributed by atoms with Crippen LogP contribution in [-0.2, 0) is 6.42 Å². The van der Waals surface area contributed by atoms with Crippen molar-refractivity contribution in [1.29, 1.82) is 0 Å². The van der Waals surface area contributed by atoms with E-state index in [1.807, 2.05) is 25.4 Å². The Morgan fingerprint density at radius 1 is 1.50 bits per heavy atom. The predicted octanol–water partition coefficient (Wildman–Crippen LogP) is 2.18. The molecular formula is C18H26N4O2. The average molecular weight is 330 g/mol. The van der Waals surface area contributed by atoms with E-state index in [1.54, 1.807) is 11.9 Å². The molecule has 2 unspecified atom stereocenters. The Balaban J connectivity index is 1.86. The maximum Gasteiger partial charge on any atom is 0.321 e. The van der Waals surface area contributed by atoms with Crippen molar-refractivity contribution in [2.75, 3.05) is 31.6 Å². The van der Waals surface area contributed by atoms with Crippen molar-refractivity contribution in [1.82, 2.24) is 10.6 Å². The van der Waals surface area contributed by atoms with E-state index in [4.69, 9.17) is 4.74 Å². The van der Waals surface area contributed by atoms with Crippen LogP contribution < -0.4 is 20.3 Å². The summed E-state index contributed by atoms with van der Waals surface area (Å²) in [6.07, 6.45) is 4.94. The fraction of sp³-hybridized carbons (Fsp3) is 0.556. The Morgan fingerprint density at radius 2 is 2.38 bits per heavy atom. The van der Waals surface area contributed by atoms with Gasteiger partial charge in [-0.3, -0.25) is 9.89 Å². The lowest BCUT2D eigenvalue weighted by Crippen LogP contribution is -2.38. The average Bonchev–Trinajstić information content (AvgIpc) is 3.10. The molecular weight excluding hydrogens is 304 g/mol. The summed E-state index contributed by atoms with van der Waals surface area (Å²) in [4.78, 5) is 18.1. The van der Waals surface area contributed by atoms with Crippen LogP contribution in [0.1, 0.15) is 25.3 Å². The third-order valence-corrected chi connectivity index (χ3v) is 4.84. The van der Waals surface area contributed by atoms with Crippen LogP contribution in [0.5, 0.6) is 5.75 Å². The fourth-order valence-electron chi connectivity index (χ4n) is 3.52. The van der Waals surface area contributed by atoms with E-state index in [9.17, 15) is 4.79 Å². The highest BCUT2D eigenvalue weighted by molar-refractivity contribution is 5.91. The molecule has 2 atom stereocenters. The van der Waals surface area contributed by atoms with Gasteiger partial charge in [-0.2, -0.15) is 0 Å². The van der Waals surface area contributed by atoms with Gasteiger partial charge in [-0.15, -0.1) is 0 Å². The molecule has 2 N–H and O–H groups in total. The molecule has 0 fully saturated rings. The van der Waals surface area contributed by atoms with E-state index < -0.39 is 0 Å². The number of anilines is 1. The summed E-state index contributed by atoms with van der Waals surface area (Å²) in [5.41, 5.74) is 2.09. The van der Waals surface area contributed by atoms with Crippen LogP contribution >= 0.6 is 0 Å². The standard InChI is InChI=1S/C18H26N4O2/c1-3-22(18(23)19-2)15-6-7-17-14(10-15)9-13(5-4-8-24-17)16-11-20-12-21-16/h6-7,10,12-13,16H,3-5,8-9,11H2,1-2H3,(H,19,23)(H,20,21). The molecule has 24 heavy (non-hydrogen) atoms. The lowest BCUT2D eigenvalue weighted by Gasteiger charge is -2.28. The quantitative estimate of drug-likeness (QED) is 0.893. The smallest absolute Gasteiger partial charge is 0.321 e. The van der Waals surface area contributed by atoms with Crippen molar-refractivity contribution in [2.45, 2.75) is 32.2 Å². The summed E-state index contributed by atoms with van der Waals surface area (Å²) in [6.45, 7) is 4.19. The number of benzene rings is 1. The highest BCUT2D eigenvalue weighted by Gasteiger charge is 2.26. The largest absolute Gasteiger partial charge is 0.493 e. The van der Waals surface area contributed by atoms with Crippen LogP contribution in [0, 0.1) is 5.92 Å². The summed E-state index contributed by atoms with van der Waals surface area (Å²) in [5.74, 6) is 1.47. The van der Waals surface area contributed by atoms with Gasteiger partial charge in [-0.25, -0.2) is 4.79 Å². The SMILES string of the molecule is CCN(C(=O)NC)c1ccc2c(c1)CC(C1CN=CN1)CCCO2. The molecule has 0 aromatic heterocycles. The molecule has 6 nitrogen and oxygen atoms in total. The lowest BCUT2D eigenvalue weighted by molar-refractivity contribution is 0.248. The molecule has 2 amide bonds. The van der Waals surface area contributed by atoms with Gasteiger partial charge in [-0.05, 0) is 55.9 Å². The van der Waals surface area contributed by atoms with Crippen LogP contribution in [0.25, 0.3) is 0 Å². The van der Waals surface area contributed by atoms with Crippen LogP contribution in [0.15, 0.2) is 23.2 Å². The number of nitrogens with one attached hydrogen (secondary N) is 2. The number of carbonyl (C=O) groups is 1. The molecule has 0 aliphatic carbocycles. The van der Waals surface area contributed by atoms with E-state index in [0.717, 1.165) is 43.9 Å². The molecule has 2 aliphatic rings. The van der Waals surface area contributed by atoms with Gasteiger partial charge < -0.3 is 15.4 Å².